The highest BCUT2D eigenvalue weighted by molar-refractivity contribution is 5.61. The van der Waals surface area contributed by atoms with E-state index in [2.05, 4.69) is 5.32 Å². The number of nitro benzene ring substituents is 1. The van der Waals surface area contributed by atoms with Crippen LogP contribution in [0.1, 0.15) is 25.7 Å². The molecule has 0 aromatic heterocycles. The molecule has 0 aliphatic heterocycles. The Labute approximate surface area is 92.6 Å². The summed E-state index contributed by atoms with van der Waals surface area (Å²) >= 11 is 0. The van der Waals surface area contributed by atoms with Gasteiger partial charge >= 0.3 is 0 Å². The van der Waals surface area contributed by atoms with E-state index >= 15 is 0 Å². The Kier molecular flexibility index (Phi) is 3.03. The second-order valence-corrected chi connectivity index (χ2v) is 4.04. The molecule has 0 heterocycles. The van der Waals surface area contributed by atoms with Gasteiger partial charge in [0.25, 0.3) is 5.69 Å². The quantitative estimate of drug-likeness (QED) is 0.634. The predicted molar refractivity (Wildman–Crippen MR) is 58.9 cm³/mol. The van der Waals surface area contributed by atoms with Gasteiger partial charge in [0.05, 0.1) is 11.0 Å². The third-order valence-corrected chi connectivity index (χ3v) is 2.87. The first kappa shape index (κ1) is 10.9. The van der Waals surface area contributed by atoms with Gasteiger partial charge in [0.1, 0.15) is 11.5 Å². The Morgan fingerprint density at radius 3 is 2.69 bits per heavy atom. The van der Waals surface area contributed by atoms with Gasteiger partial charge in [0.2, 0.25) is 0 Å². The van der Waals surface area contributed by atoms with Gasteiger partial charge in [-0.15, -0.1) is 0 Å². The first-order valence-corrected chi connectivity index (χ1v) is 5.37. The van der Waals surface area contributed by atoms with Crippen LogP contribution in [0.25, 0.3) is 0 Å². The minimum atomic E-state index is -0.580. The Morgan fingerprint density at radius 2 is 2.06 bits per heavy atom. The molecule has 1 saturated carbocycles. The van der Waals surface area contributed by atoms with E-state index in [-0.39, 0.29) is 11.7 Å². The number of hydrogen-bond donors (Lipinski definition) is 1. The number of nitro groups is 1. The second-order valence-electron chi connectivity index (χ2n) is 4.04. The van der Waals surface area contributed by atoms with Crippen LogP contribution in [-0.4, -0.2) is 11.0 Å². The third-order valence-electron chi connectivity index (χ3n) is 2.87. The molecule has 1 fully saturated rings. The van der Waals surface area contributed by atoms with Crippen molar-refractivity contribution < 1.29 is 9.31 Å². The first-order valence-electron chi connectivity index (χ1n) is 5.37. The normalized spacial score (nSPS) is 16.3. The highest BCUT2D eigenvalue weighted by Gasteiger charge is 2.20. The molecule has 0 unspecified atom stereocenters. The second kappa shape index (κ2) is 4.47. The van der Waals surface area contributed by atoms with Crippen molar-refractivity contribution in [1.82, 2.24) is 0 Å². The van der Waals surface area contributed by atoms with Crippen molar-refractivity contribution in [3.8, 4) is 0 Å². The van der Waals surface area contributed by atoms with Crippen molar-refractivity contribution in [2.45, 2.75) is 31.7 Å². The number of anilines is 1. The van der Waals surface area contributed by atoms with E-state index < -0.39 is 10.7 Å². The van der Waals surface area contributed by atoms with Crippen molar-refractivity contribution in [3.63, 3.8) is 0 Å². The van der Waals surface area contributed by atoms with Gasteiger partial charge in [-0.1, -0.05) is 12.8 Å². The van der Waals surface area contributed by atoms with Crippen LogP contribution in [-0.2, 0) is 0 Å². The minimum absolute atomic E-state index is 0.188. The summed E-state index contributed by atoms with van der Waals surface area (Å²) < 4.78 is 12.9. The SMILES string of the molecule is O=[N+]([O-])c1cc(F)ccc1NC1CCCC1. The van der Waals surface area contributed by atoms with Crippen molar-refractivity contribution in [1.29, 1.82) is 0 Å². The van der Waals surface area contributed by atoms with Crippen LogP contribution < -0.4 is 5.32 Å². The summed E-state index contributed by atoms with van der Waals surface area (Å²) in [4.78, 5) is 10.2. The Balaban J connectivity index is 2.21. The summed E-state index contributed by atoms with van der Waals surface area (Å²) in [5, 5.41) is 13.9. The summed E-state index contributed by atoms with van der Waals surface area (Å²) in [5.41, 5.74) is 0.227. The average molecular weight is 224 g/mol. The molecule has 1 aliphatic carbocycles. The van der Waals surface area contributed by atoms with Crippen molar-refractivity contribution in [2.24, 2.45) is 0 Å². The zero-order valence-electron chi connectivity index (χ0n) is 8.78. The Morgan fingerprint density at radius 1 is 1.38 bits per heavy atom. The number of hydrogen-bond acceptors (Lipinski definition) is 3. The van der Waals surface area contributed by atoms with Crippen LogP contribution in [0.2, 0.25) is 0 Å². The molecule has 0 radical (unpaired) electrons. The lowest BCUT2D eigenvalue weighted by Crippen LogP contribution is -2.15. The van der Waals surface area contributed by atoms with E-state index in [4.69, 9.17) is 0 Å². The summed E-state index contributed by atoms with van der Waals surface area (Å²) in [6, 6.07) is 3.91. The van der Waals surface area contributed by atoms with Crippen LogP contribution in [0.5, 0.6) is 0 Å². The van der Waals surface area contributed by atoms with Crippen LogP contribution in [0.15, 0.2) is 18.2 Å². The third kappa shape index (κ3) is 2.29. The van der Waals surface area contributed by atoms with Crippen molar-refractivity contribution in [3.05, 3.63) is 34.1 Å². The molecule has 0 saturated heterocycles. The first-order chi connectivity index (χ1) is 7.66. The zero-order chi connectivity index (χ0) is 11.5. The van der Waals surface area contributed by atoms with Crippen LogP contribution in [0, 0.1) is 15.9 Å². The van der Waals surface area contributed by atoms with E-state index in [0.29, 0.717) is 5.69 Å². The molecule has 5 heteroatoms. The fourth-order valence-electron chi connectivity index (χ4n) is 2.07. The molecule has 1 aliphatic rings. The van der Waals surface area contributed by atoms with Crippen LogP contribution in [0.3, 0.4) is 0 Å². The maximum Gasteiger partial charge on any atom is 0.295 e. The lowest BCUT2D eigenvalue weighted by molar-refractivity contribution is -0.384. The zero-order valence-corrected chi connectivity index (χ0v) is 8.78. The maximum atomic E-state index is 12.9. The fourth-order valence-corrected chi connectivity index (χ4v) is 2.07. The van der Waals surface area contributed by atoms with Crippen LogP contribution >= 0.6 is 0 Å². The van der Waals surface area contributed by atoms with Gasteiger partial charge in [-0.25, -0.2) is 4.39 Å². The molecule has 1 aromatic carbocycles. The van der Waals surface area contributed by atoms with Gasteiger partial charge in [-0.05, 0) is 25.0 Å². The number of rotatable bonds is 3. The largest absolute Gasteiger partial charge is 0.377 e. The van der Waals surface area contributed by atoms with E-state index in [0.717, 1.165) is 31.7 Å². The highest BCUT2D eigenvalue weighted by atomic mass is 19.1. The molecule has 0 bridgehead atoms. The summed E-state index contributed by atoms with van der Waals surface area (Å²) in [7, 11) is 0. The summed E-state index contributed by atoms with van der Waals surface area (Å²) in [5.74, 6) is -0.580. The fraction of sp³-hybridized carbons (Fsp3) is 0.455. The molecule has 0 amide bonds. The van der Waals surface area contributed by atoms with E-state index in [9.17, 15) is 14.5 Å². The smallest absolute Gasteiger partial charge is 0.295 e. The monoisotopic (exact) mass is 224 g/mol. The van der Waals surface area contributed by atoms with Gasteiger partial charge < -0.3 is 5.32 Å². The lowest BCUT2D eigenvalue weighted by Gasteiger charge is -2.13. The van der Waals surface area contributed by atoms with E-state index in [1.54, 1.807) is 0 Å². The van der Waals surface area contributed by atoms with Gasteiger partial charge in [0, 0.05) is 6.04 Å². The number of nitrogens with zero attached hydrogens (tertiary/aromatic N) is 1. The molecule has 86 valence electrons. The topological polar surface area (TPSA) is 55.2 Å². The average Bonchev–Trinajstić information content (AvgIpc) is 2.73. The van der Waals surface area contributed by atoms with Gasteiger partial charge in [0.15, 0.2) is 0 Å². The summed E-state index contributed by atoms with van der Waals surface area (Å²) in [6.07, 6.45) is 4.34. The number of benzene rings is 1. The van der Waals surface area contributed by atoms with Gasteiger partial charge in [-0.2, -0.15) is 0 Å². The minimum Gasteiger partial charge on any atom is -0.377 e. The molecule has 1 aromatic rings. The molecular weight excluding hydrogens is 211 g/mol. The van der Waals surface area contributed by atoms with Crippen molar-refractivity contribution in [2.75, 3.05) is 5.32 Å². The maximum absolute atomic E-state index is 12.9. The lowest BCUT2D eigenvalue weighted by atomic mass is 10.2. The summed E-state index contributed by atoms with van der Waals surface area (Å²) in [6.45, 7) is 0. The van der Waals surface area contributed by atoms with E-state index in [1.165, 1.54) is 12.1 Å². The molecule has 1 N–H and O–H groups in total. The van der Waals surface area contributed by atoms with E-state index in [1.807, 2.05) is 0 Å². The van der Waals surface area contributed by atoms with Crippen LogP contribution in [0.4, 0.5) is 15.8 Å². The molecule has 0 spiro atoms. The molecular formula is C11H13FN2O2. The standard InChI is InChI=1S/C11H13FN2O2/c12-8-5-6-10(11(7-8)14(15)16)13-9-3-1-2-4-9/h5-7,9,13H,1-4H2. The number of nitrogens with one attached hydrogen (secondary N) is 1. The Bertz CT molecular complexity index is 403. The van der Waals surface area contributed by atoms with Gasteiger partial charge in [-0.3, -0.25) is 10.1 Å². The molecule has 4 nitrogen and oxygen atoms in total. The highest BCUT2D eigenvalue weighted by Crippen LogP contribution is 2.29. The molecule has 2 rings (SSSR count). The van der Waals surface area contributed by atoms with Crippen molar-refractivity contribution >= 4 is 11.4 Å². The molecule has 0 atom stereocenters. The predicted octanol–water partition coefficient (Wildman–Crippen LogP) is 3.09. The molecule has 16 heavy (non-hydrogen) atoms. The number of halogens is 1. The Hall–Kier alpha value is -1.65.